The van der Waals surface area contributed by atoms with Crippen molar-refractivity contribution in [2.24, 2.45) is 0 Å². The Kier molecular flexibility index (Phi) is 3.13. The van der Waals surface area contributed by atoms with E-state index in [0.717, 1.165) is 24.4 Å². The second kappa shape index (κ2) is 4.74. The van der Waals surface area contributed by atoms with E-state index in [1.54, 1.807) is 0 Å². The van der Waals surface area contributed by atoms with E-state index in [1.165, 1.54) is 12.3 Å². The Hall–Kier alpha value is -2.57. The van der Waals surface area contributed by atoms with Crippen LogP contribution in [0.1, 0.15) is 0 Å². The van der Waals surface area contributed by atoms with Crippen LogP contribution < -0.4 is 5.32 Å². The topological polar surface area (TPSA) is 68.1 Å². The Morgan fingerprint density at radius 1 is 1.17 bits per heavy atom. The molecule has 1 heterocycles. The van der Waals surface area contributed by atoms with Gasteiger partial charge in [-0.3, -0.25) is 15.1 Å². The SMILES string of the molecule is O=[N+]([O-])c1cc(F)ccc1Nc1cncc(F)c1. The van der Waals surface area contributed by atoms with E-state index in [0.29, 0.717) is 0 Å². The number of nitrogens with zero attached hydrogens (tertiary/aromatic N) is 2. The van der Waals surface area contributed by atoms with Crippen LogP contribution in [-0.2, 0) is 0 Å². The van der Waals surface area contributed by atoms with Crippen LogP contribution in [0.4, 0.5) is 25.8 Å². The first kappa shape index (κ1) is 11.9. The number of anilines is 2. The number of rotatable bonds is 3. The molecule has 0 amide bonds. The van der Waals surface area contributed by atoms with Crippen LogP contribution >= 0.6 is 0 Å². The van der Waals surface area contributed by atoms with Gasteiger partial charge in [0.1, 0.15) is 17.3 Å². The fourth-order valence-electron chi connectivity index (χ4n) is 1.40. The zero-order valence-electron chi connectivity index (χ0n) is 8.93. The lowest BCUT2D eigenvalue weighted by Gasteiger charge is -2.06. The Morgan fingerprint density at radius 2 is 1.94 bits per heavy atom. The number of pyridine rings is 1. The lowest BCUT2D eigenvalue weighted by molar-refractivity contribution is -0.384. The van der Waals surface area contributed by atoms with E-state index in [2.05, 4.69) is 10.3 Å². The first-order valence-electron chi connectivity index (χ1n) is 4.88. The predicted molar refractivity (Wildman–Crippen MR) is 60.5 cm³/mol. The summed E-state index contributed by atoms with van der Waals surface area (Å²) >= 11 is 0. The van der Waals surface area contributed by atoms with Crippen LogP contribution in [0.15, 0.2) is 36.7 Å². The minimum atomic E-state index is -0.724. The van der Waals surface area contributed by atoms with Gasteiger partial charge in [0.15, 0.2) is 0 Å². The van der Waals surface area contributed by atoms with E-state index in [-0.39, 0.29) is 11.4 Å². The summed E-state index contributed by atoms with van der Waals surface area (Å²) in [5.74, 6) is -1.30. The van der Waals surface area contributed by atoms with Crippen molar-refractivity contribution in [3.8, 4) is 0 Å². The number of halogens is 2. The second-order valence-corrected chi connectivity index (χ2v) is 3.44. The smallest absolute Gasteiger partial charge is 0.295 e. The van der Waals surface area contributed by atoms with Crippen LogP contribution in [0.5, 0.6) is 0 Å². The molecular weight excluding hydrogens is 244 g/mol. The van der Waals surface area contributed by atoms with Gasteiger partial charge in [-0.05, 0) is 12.1 Å². The molecular formula is C11H7F2N3O2. The minimum absolute atomic E-state index is 0.0637. The first-order chi connectivity index (χ1) is 8.56. The van der Waals surface area contributed by atoms with Crippen molar-refractivity contribution in [3.63, 3.8) is 0 Å². The quantitative estimate of drug-likeness (QED) is 0.672. The molecule has 1 aromatic heterocycles. The standard InChI is InChI=1S/C11H7F2N3O2/c12-7-1-2-10(11(4-7)16(17)18)15-9-3-8(13)5-14-6-9/h1-6,15H. The second-order valence-electron chi connectivity index (χ2n) is 3.44. The highest BCUT2D eigenvalue weighted by Crippen LogP contribution is 2.28. The number of hydrogen-bond acceptors (Lipinski definition) is 4. The van der Waals surface area contributed by atoms with Crippen LogP contribution in [0.25, 0.3) is 0 Å². The average Bonchev–Trinajstić information content (AvgIpc) is 2.31. The van der Waals surface area contributed by atoms with Crippen LogP contribution in [-0.4, -0.2) is 9.91 Å². The fraction of sp³-hybridized carbons (Fsp3) is 0. The maximum absolute atomic E-state index is 12.9. The van der Waals surface area contributed by atoms with Gasteiger partial charge >= 0.3 is 0 Å². The summed E-state index contributed by atoms with van der Waals surface area (Å²) in [6.45, 7) is 0. The van der Waals surface area contributed by atoms with Crippen molar-refractivity contribution in [1.82, 2.24) is 4.98 Å². The van der Waals surface area contributed by atoms with Gasteiger partial charge in [-0.2, -0.15) is 0 Å². The molecule has 0 aliphatic heterocycles. The highest BCUT2D eigenvalue weighted by molar-refractivity contribution is 5.68. The maximum atomic E-state index is 12.9. The van der Waals surface area contributed by atoms with Gasteiger partial charge in [-0.1, -0.05) is 0 Å². The molecule has 18 heavy (non-hydrogen) atoms. The van der Waals surface area contributed by atoms with Gasteiger partial charge < -0.3 is 5.32 Å². The molecule has 1 aromatic carbocycles. The van der Waals surface area contributed by atoms with Gasteiger partial charge in [-0.15, -0.1) is 0 Å². The van der Waals surface area contributed by atoms with Gasteiger partial charge in [0.25, 0.3) is 5.69 Å². The van der Waals surface area contributed by atoms with E-state index < -0.39 is 22.2 Å². The van der Waals surface area contributed by atoms with Crippen molar-refractivity contribution < 1.29 is 13.7 Å². The van der Waals surface area contributed by atoms with Crippen LogP contribution in [0, 0.1) is 21.7 Å². The molecule has 0 spiro atoms. The van der Waals surface area contributed by atoms with Gasteiger partial charge in [0, 0.05) is 6.07 Å². The lowest BCUT2D eigenvalue weighted by atomic mass is 10.2. The molecule has 1 N–H and O–H groups in total. The van der Waals surface area contributed by atoms with Crippen molar-refractivity contribution in [1.29, 1.82) is 0 Å². The summed E-state index contributed by atoms with van der Waals surface area (Å²) in [6, 6.07) is 4.19. The summed E-state index contributed by atoms with van der Waals surface area (Å²) in [5.41, 5.74) is -0.127. The molecule has 0 aliphatic rings. The molecule has 5 nitrogen and oxygen atoms in total. The van der Waals surface area contributed by atoms with Crippen LogP contribution in [0.2, 0.25) is 0 Å². The van der Waals surface area contributed by atoms with E-state index in [9.17, 15) is 18.9 Å². The number of aromatic nitrogens is 1. The number of nitro groups is 1. The van der Waals surface area contributed by atoms with Gasteiger partial charge in [-0.25, -0.2) is 8.78 Å². The number of hydrogen-bond donors (Lipinski definition) is 1. The third-order valence-electron chi connectivity index (χ3n) is 2.14. The molecule has 0 atom stereocenters. The van der Waals surface area contributed by atoms with Crippen LogP contribution in [0.3, 0.4) is 0 Å². The molecule has 7 heteroatoms. The molecule has 0 aliphatic carbocycles. The van der Waals surface area contributed by atoms with Crippen molar-refractivity contribution in [3.05, 3.63) is 58.4 Å². The van der Waals surface area contributed by atoms with Gasteiger partial charge in [0.2, 0.25) is 0 Å². The van der Waals surface area contributed by atoms with Crippen molar-refractivity contribution in [2.45, 2.75) is 0 Å². The lowest BCUT2D eigenvalue weighted by Crippen LogP contribution is -1.98. The van der Waals surface area contributed by atoms with E-state index >= 15 is 0 Å². The van der Waals surface area contributed by atoms with Crippen molar-refractivity contribution >= 4 is 17.1 Å². The summed E-state index contributed by atoms with van der Waals surface area (Å²) < 4.78 is 25.8. The molecule has 0 bridgehead atoms. The number of nitrogens with one attached hydrogen (secondary N) is 1. The molecule has 0 radical (unpaired) electrons. The summed E-state index contributed by atoms with van der Waals surface area (Å²) in [6.07, 6.45) is 2.31. The zero-order chi connectivity index (χ0) is 13.1. The Bertz CT molecular complexity index is 605. The number of benzene rings is 1. The largest absolute Gasteiger partial charge is 0.349 e. The molecule has 2 rings (SSSR count). The highest BCUT2D eigenvalue weighted by Gasteiger charge is 2.15. The fourth-order valence-corrected chi connectivity index (χ4v) is 1.40. The summed E-state index contributed by atoms with van der Waals surface area (Å²) in [7, 11) is 0. The predicted octanol–water partition coefficient (Wildman–Crippen LogP) is 3.01. The number of nitro benzene ring substituents is 1. The summed E-state index contributed by atoms with van der Waals surface area (Å²) in [4.78, 5) is 13.6. The monoisotopic (exact) mass is 251 g/mol. The normalized spacial score (nSPS) is 10.1. The third-order valence-corrected chi connectivity index (χ3v) is 2.14. The Labute approximate surface area is 100 Å². The summed E-state index contributed by atoms with van der Waals surface area (Å²) in [5, 5.41) is 13.4. The molecule has 0 saturated carbocycles. The Morgan fingerprint density at radius 3 is 2.61 bits per heavy atom. The molecule has 2 aromatic rings. The highest BCUT2D eigenvalue weighted by atomic mass is 19.1. The van der Waals surface area contributed by atoms with E-state index in [1.807, 2.05) is 0 Å². The zero-order valence-corrected chi connectivity index (χ0v) is 8.93. The molecule has 0 unspecified atom stereocenters. The third kappa shape index (κ3) is 2.57. The van der Waals surface area contributed by atoms with Crippen molar-refractivity contribution in [2.75, 3.05) is 5.32 Å². The molecule has 0 fully saturated rings. The first-order valence-corrected chi connectivity index (χ1v) is 4.88. The maximum Gasteiger partial charge on any atom is 0.295 e. The average molecular weight is 251 g/mol. The molecule has 92 valence electrons. The Balaban J connectivity index is 2.37. The minimum Gasteiger partial charge on any atom is -0.349 e. The van der Waals surface area contributed by atoms with E-state index in [4.69, 9.17) is 0 Å². The van der Waals surface area contributed by atoms with Gasteiger partial charge in [0.05, 0.1) is 29.1 Å². The molecule has 0 saturated heterocycles.